The van der Waals surface area contributed by atoms with Crippen molar-refractivity contribution in [3.05, 3.63) is 59.0 Å². The van der Waals surface area contributed by atoms with Crippen molar-refractivity contribution in [3.63, 3.8) is 0 Å². The van der Waals surface area contributed by atoms with Gasteiger partial charge in [0.1, 0.15) is 12.0 Å². The average Bonchev–Trinajstić information content (AvgIpc) is 2.99. The van der Waals surface area contributed by atoms with Crippen LogP contribution in [-0.4, -0.2) is 98.3 Å². The maximum atomic E-state index is 12.8. The van der Waals surface area contributed by atoms with Crippen molar-refractivity contribution < 1.29 is 9.53 Å². The molecule has 0 aliphatic carbocycles. The maximum Gasteiger partial charge on any atom is 0.251 e. The molecule has 1 amide bonds. The summed E-state index contributed by atoms with van der Waals surface area (Å²) in [6, 6.07) is 12.1. The van der Waals surface area contributed by atoms with Gasteiger partial charge in [-0.1, -0.05) is 23.7 Å². The van der Waals surface area contributed by atoms with Crippen LogP contribution in [0.15, 0.2) is 42.7 Å². The lowest BCUT2D eigenvalue weighted by molar-refractivity contribution is 0.0374. The molecule has 5 rings (SSSR count). The summed E-state index contributed by atoms with van der Waals surface area (Å²) in [4.78, 5) is 28.2. The summed E-state index contributed by atoms with van der Waals surface area (Å²) in [6.07, 6.45) is 2.32. The van der Waals surface area contributed by atoms with Crippen LogP contribution in [0.25, 0.3) is 11.1 Å². The molecule has 2 aliphatic heterocycles. The smallest absolute Gasteiger partial charge is 0.251 e. The first kappa shape index (κ1) is 29.1. The molecule has 2 fully saturated rings. The number of nitrogens with one attached hydrogen (secondary N) is 2. The fourth-order valence-corrected chi connectivity index (χ4v) is 5.38. The van der Waals surface area contributed by atoms with E-state index in [-0.39, 0.29) is 11.1 Å². The normalized spacial score (nSPS) is 16.5. The third kappa shape index (κ3) is 7.26. The topological polar surface area (TPSA) is 112 Å². The van der Waals surface area contributed by atoms with E-state index in [4.69, 9.17) is 22.1 Å². The van der Waals surface area contributed by atoms with Crippen molar-refractivity contribution in [2.24, 2.45) is 0 Å². The number of piperazine rings is 1. The number of hydrogen-bond donors (Lipinski definition) is 3. The number of hydrogen-bond acceptors (Lipinski definition) is 9. The number of anilines is 4. The number of nitrogen functional groups attached to an aromatic ring is 1. The highest BCUT2D eigenvalue weighted by Crippen LogP contribution is 2.38. The van der Waals surface area contributed by atoms with Crippen LogP contribution in [0.5, 0.6) is 0 Å². The molecule has 1 aromatic heterocycles. The molecule has 0 atom stereocenters. The molecule has 41 heavy (non-hydrogen) atoms. The molecule has 0 radical (unpaired) electrons. The number of nitrogens with zero attached hydrogens (tertiary/aromatic N) is 5. The van der Waals surface area contributed by atoms with E-state index in [1.165, 1.54) is 6.33 Å². The highest BCUT2D eigenvalue weighted by molar-refractivity contribution is 6.32. The number of aryl methyl sites for hydroxylation is 1. The minimum absolute atomic E-state index is 0.0564. The predicted molar refractivity (Wildman–Crippen MR) is 165 cm³/mol. The summed E-state index contributed by atoms with van der Waals surface area (Å²) in [5.41, 5.74) is 12.3. The fourth-order valence-electron chi connectivity index (χ4n) is 5.25. The largest absolute Gasteiger partial charge is 0.393 e. The van der Waals surface area contributed by atoms with Gasteiger partial charge in [-0.15, -0.1) is 0 Å². The number of carbonyl (C=O) groups is 1. The second-order valence-electron chi connectivity index (χ2n) is 10.7. The van der Waals surface area contributed by atoms with E-state index in [0.29, 0.717) is 23.6 Å². The summed E-state index contributed by atoms with van der Waals surface area (Å²) < 4.78 is 5.40. The summed E-state index contributed by atoms with van der Waals surface area (Å²) in [5.74, 6) is 0.412. The number of likely N-dealkylation sites (N-methyl/N-ethyl adjacent to an activating group) is 1. The van der Waals surface area contributed by atoms with Crippen molar-refractivity contribution in [3.8, 4) is 11.1 Å². The van der Waals surface area contributed by atoms with Crippen LogP contribution in [0.3, 0.4) is 0 Å². The molecule has 0 bridgehead atoms. The van der Waals surface area contributed by atoms with Gasteiger partial charge in [0.25, 0.3) is 5.91 Å². The summed E-state index contributed by atoms with van der Waals surface area (Å²) >= 11 is 6.18. The number of amides is 1. The maximum absolute atomic E-state index is 12.8. The monoisotopic (exact) mass is 578 g/mol. The van der Waals surface area contributed by atoms with Crippen LogP contribution >= 0.6 is 11.6 Å². The molecule has 10 nitrogen and oxygen atoms in total. The van der Waals surface area contributed by atoms with Gasteiger partial charge in [-0.2, -0.15) is 0 Å². The highest BCUT2D eigenvalue weighted by atomic mass is 35.5. The molecule has 0 saturated carbocycles. The highest BCUT2D eigenvalue weighted by Gasteiger charge is 2.20. The zero-order valence-electron chi connectivity index (χ0n) is 23.8. The van der Waals surface area contributed by atoms with Gasteiger partial charge < -0.3 is 30.9 Å². The molecule has 3 aromatic rings. The van der Waals surface area contributed by atoms with Crippen LogP contribution in [-0.2, 0) is 4.74 Å². The number of rotatable bonds is 9. The van der Waals surface area contributed by atoms with Gasteiger partial charge in [0.15, 0.2) is 11.0 Å². The lowest BCUT2D eigenvalue weighted by Crippen LogP contribution is -2.44. The van der Waals surface area contributed by atoms with E-state index >= 15 is 0 Å². The Balaban J connectivity index is 1.32. The lowest BCUT2D eigenvalue weighted by atomic mass is 9.97. The number of benzene rings is 2. The van der Waals surface area contributed by atoms with Crippen molar-refractivity contribution in [1.82, 2.24) is 25.1 Å². The number of nitrogens with two attached hydrogens (primary N) is 1. The molecule has 11 heteroatoms. The van der Waals surface area contributed by atoms with Crippen LogP contribution in [0.1, 0.15) is 22.3 Å². The van der Waals surface area contributed by atoms with Crippen LogP contribution in [0.2, 0.25) is 5.15 Å². The van der Waals surface area contributed by atoms with Crippen molar-refractivity contribution in [1.29, 1.82) is 0 Å². The third-order valence-corrected chi connectivity index (χ3v) is 8.07. The Morgan fingerprint density at radius 3 is 2.51 bits per heavy atom. The second-order valence-corrected chi connectivity index (χ2v) is 11.0. The number of halogens is 1. The molecule has 2 saturated heterocycles. The quantitative estimate of drug-likeness (QED) is 0.259. The van der Waals surface area contributed by atoms with E-state index in [1.807, 2.05) is 24.3 Å². The molecular weight excluding hydrogens is 540 g/mol. The third-order valence-electron chi connectivity index (χ3n) is 7.77. The van der Waals surface area contributed by atoms with Gasteiger partial charge in [0, 0.05) is 51.4 Å². The van der Waals surface area contributed by atoms with Gasteiger partial charge in [-0.25, -0.2) is 9.97 Å². The number of carbonyl (C=O) groups excluding carboxylic acids is 1. The molecule has 0 spiro atoms. The first-order valence-electron chi connectivity index (χ1n) is 14.2. The Hall–Kier alpha value is -3.44. The average molecular weight is 579 g/mol. The van der Waals surface area contributed by atoms with Crippen LogP contribution in [0.4, 0.5) is 22.9 Å². The molecular formula is C30H39ClN8O2. The van der Waals surface area contributed by atoms with E-state index < -0.39 is 0 Å². The van der Waals surface area contributed by atoms with E-state index in [2.05, 4.69) is 61.4 Å². The van der Waals surface area contributed by atoms with Gasteiger partial charge in [0.05, 0.1) is 24.6 Å². The number of morpholine rings is 1. The van der Waals surface area contributed by atoms with E-state index in [9.17, 15) is 4.79 Å². The van der Waals surface area contributed by atoms with Crippen LogP contribution in [0, 0.1) is 6.92 Å². The Morgan fingerprint density at radius 1 is 1.05 bits per heavy atom. The Bertz CT molecular complexity index is 1340. The van der Waals surface area contributed by atoms with E-state index in [0.717, 1.165) is 93.5 Å². The fraction of sp³-hybridized carbons (Fsp3) is 0.433. The minimum atomic E-state index is -0.0564. The number of ether oxygens (including phenoxy) is 1. The summed E-state index contributed by atoms with van der Waals surface area (Å²) in [7, 11) is 2.14. The SMILES string of the molecule is Cc1cc(N2CCN(C)CC2)c(Nc2ncnc(Cl)c2N)cc1-c1ccc(C(=O)NCCCN2CCOCC2)cc1. The lowest BCUT2D eigenvalue weighted by Gasteiger charge is -2.35. The van der Waals surface area contributed by atoms with Gasteiger partial charge >= 0.3 is 0 Å². The first-order valence-corrected chi connectivity index (χ1v) is 14.6. The summed E-state index contributed by atoms with van der Waals surface area (Å²) in [5, 5.41) is 6.68. The Kier molecular flexibility index (Phi) is 9.56. The van der Waals surface area contributed by atoms with Gasteiger partial charge in [0.2, 0.25) is 0 Å². The van der Waals surface area contributed by atoms with Crippen molar-refractivity contribution >= 4 is 40.4 Å². The van der Waals surface area contributed by atoms with Crippen molar-refractivity contribution in [2.75, 3.05) is 88.6 Å². The predicted octanol–water partition coefficient (Wildman–Crippen LogP) is 3.64. The Morgan fingerprint density at radius 2 is 1.78 bits per heavy atom. The first-order chi connectivity index (χ1) is 19.9. The minimum Gasteiger partial charge on any atom is -0.393 e. The second kappa shape index (κ2) is 13.5. The molecule has 3 heterocycles. The molecule has 4 N–H and O–H groups in total. The number of aromatic nitrogens is 2. The Labute approximate surface area is 246 Å². The molecule has 218 valence electrons. The zero-order chi connectivity index (χ0) is 28.8. The molecule has 0 unspecified atom stereocenters. The standard InChI is InChI=1S/C30H39ClN8O2/c1-21-18-26(39-12-10-37(2)11-13-39)25(36-29-27(32)28(31)34-20-35-29)19-24(21)22-4-6-23(7-5-22)30(40)33-8-3-9-38-14-16-41-17-15-38/h4-7,18-20H,3,8-17,32H2,1-2H3,(H,33,40)(H,34,35,36). The summed E-state index contributed by atoms with van der Waals surface area (Å²) in [6.45, 7) is 11.0. The zero-order valence-corrected chi connectivity index (χ0v) is 24.6. The van der Waals surface area contributed by atoms with Crippen LogP contribution < -0.4 is 21.3 Å². The van der Waals surface area contributed by atoms with Crippen molar-refractivity contribution in [2.45, 2.75) is 13.3 Å². The van der Waals surface area contributed by atoms with Gasteiger partial charge in [-0.3, -0.25) is 9.69 Å². The molecule has 2 aromatic carbocycles. The van der Waals surface area contributed by atoms with E-state index in [1.54, 1.807) is 0 Å². The molecule has 2 aliphatic rings. The van der Waals surface area contributed by atoms with Gasteiger partial charge in [-0.05, 0) is 67.9 Å².